The highest BCUT2D eigenvalue weighted by atomic mass is 16.5. The van der Waals surface area contributed by atoms with Crippen molar-refractivity contribution in [3.05, 3.63) is 59.9 Å². The van der Waals surface area contributed by atoms with Crippen molar-refractivity contribution < 1.29 is 9.47 Å². The van der Waals surface area contributed by atoms with Gasteiger partial charge in [0.05, 0.1) is 13.2 Å². The number of pyridine rings is 1. The number of rotatable bonds is 8. The van der Waals surface area contributed by atoms with E-state index in [-0.39, 0.29) is 0 Å². The molecule has 0 saturated carbocycles. The molecule has 2 saturated heterocycles. The monoisotopic (exact) mass is 434 g/mol. The van der Waals surface area contributed by atoms with Crippen LogP contribution in [0.3, 0.4) is 0 Å². The van der Waals surface area contributed by atoms with Crippen LogP contribution in [-0.4, -0.2) is 72.3 Å². The van der Waals surface area contributed by atoms with Gasteiger partial charge < -0.3 is 14.5 Å². The van der Waals surface area contributed by atoms with Crippen LogP contribution in [0.4, 0.5) is 0 Å². The summed E-state index contributed by atoms with van der Waals surface area (Å²) >= 11 is 0. The fourth-order valence-electron chi connectivity index (χ4n) is 4.91. The van der Waals surface area contributed by atoms with Gasteiger partial charge in [-0.1, -0.05) is 18.2 Å². The Labute approximate surface area is 190 Å². The van der Waals surface area contributed by atoms with Crippen molar-refractivity contribution in [2.45, 2.75) is 25.8 Å². The first-order valence-electron chi connectivity index (χ1n) is 12.0. The fourth-order valence-corrected chi connectivity index (χ4v) is 4.91. The van der Waals surface area contributed by atoms with E-state index in [1.807, 2.05) is 6.20 Å². The first kappa shape index (κ1) is 21.4. The lowest BCUT2D eigenvalue weighted by Gasteiger charge is -2.24. The zero-order chi connectivity index (χ0) is 21.6. The summed E-state index contributed by atoms with van der Waals surface area (Å²) in [4.78, 5) is 13.0. The van der Waals surface area contributed by atoms with E-state index in [1.165, 1.54) is 31.5 Å². The fraction of sp³-hybridized carbons (Fsp3) is 0.500. The average Bonchev–Trinajstić information content (AvgIpc) is 3.44. The summed E-state index contributed by atoms with van der Waals surface area (Å²) in [5.74, 6) is 1.45. The highest BCUT2D eigenvalue weighted by molar-refractivity contribution is 5.75. The minimum absolute atomic E-state index is 0.431. The van der Waals surface area contributed by atoms with Crippen LogP contribution >= 0.6 is 0 Å². The van der Waals surface area contributed by atoms with Crippen molar-refractivity contribution in [3.8, 4) is 5.75 Å². The second kappa shape index (κ2) is 10.5. The molecule has 1 unspecified atom stereocenters. The Morgan fingerprint density at radius 3 is 2.88 bits per heavy atom. The average molecular weight is 435 g/mol. The van der Waals surface area contributed by atoms with E-state index in [4.69, 9.17) is 14.5 Å². The summed E-state index contributed by atoms with van der Waals surface area (Å²) in [6.45, 7) is 8.61. The number of para-hydroxylation sites is 1. The molecule has 5 rings (SSSR count). The van der Waals surface area contributed by atoms with E-state index in [0.29, 0.717) is 5.92 Å². The molecule has 0 radical (unpaired) electrons. The van der Waals surface area contributed by atoms with Crippen LogP contribution in [0.1, 0.15) is 24.1 Å². The molecule has 0 amide bonds. The topological polar surface area (TPSA) is 53.6 Å². The Bertz CT molecular complexity index is 998. The molecule has 2 fully saturated rings. The molecule has 2 aromatic heterocycles. The van der Waals surface area contributed by atoms with Gasteiger partial charge in [-0.05, 0) is 56.6 Å². The molecule has 6 heteroatoms. The second-order valence-corrected chi connectivity index (χ2v) is 9.10. The Morgan fingerprint density at radius 1 is 1.03 bits per heavy atom. The van der Waals surface area contributed by atoms with Crippen molar-refractivity contribution in [3.63, 3.8) is 0 Å². The molecule has 32 heavy (non-hydrogen) atoms. The van der Waals surface area contributed by atoms with Gasteiger partial charge in [0.1, 0.15) is 18.0 Å². The number of aromatic nitrogens is 2. The molecule has 2 aliphatic heterocycles. The first-order chi connectivity index (χ1) is 15.8. The molecule has 4 heterocycles. The number of ether oxygens (including phenoxy) is 2. The minimum atomic E-state index is 0.431. The van der Waals surface area contributed by atoms with Crippen molar-refractivity contribution in [1.82, 2.24) is 19.8 Å². The quantitative estimate of drug-likeness (QED) is 0.586. The van der Waals surface area contributed by atoms with Gasteiger partial charge in [0.25, 0.3) is 0 Å². The number of nitrogens with one attached hydrogen (secondary N) is 1. The van der Waals surface area contributed by atoms with Gasteiger partial charge in [0.15, 0.2) is 0 Å². The van der Waals surface area contributed by atoms with E-state index in [0.717, 1.165) is 74.9 Å². The van der Waals surface area contributed by atoms with Crippen LogP contribution in [-0.2, 0) is 17.7 Å². The number of nitrogens with zero attached hydrogens (tertiary/aromatic N) is 3. The maximum absolute atomic E-state index is 6.21. The second-order valence-electron chi connectivity index (χ2n) is 9.10. The van der Waals surface area contributed by atoms with Crippen LogP contribution in [0.2, 0.25) is 0 Å². The van der Waals surface area contributed by atoms with Crippen LogP contribution < -0.4 is 4.74 Å². The summed E-state index contributed by atoms with van der Waals surface area (Å²) in [6.07, 6.45) is 5.52. The Balaban J connectivity index is 1.19. The normalized spacial score (nSPS) is 20.6. The highest BCUT2D eigenvalue weighted by Crippen LogP contribution is 2.23. The third-order valence-electron chi connectivity index (χ3n) is 6.62. The summed E-state index contributed by atoms with van der Waals surface area (Å²) in [7, 11) is 0. The summed E-state index contributed by atoms with van der Waals surface area (Å²) < 4.78 is 12.2. The highest BCUT2D eigenvalue weighted by Gasteiger charge is 2.21. The molecule has 0 aliphatic carbocycles. The van der Waals surface area contributed by atoms with Gasteiger partial charge in [-0.15, -0.1) is 0 Å². The Kier molecular flexibility index (Phi) is 7.01. The third kappa shape index (κ3) is 5.49. The smallest absolute Gasteiger partial charge is 0.137 e. The minimum Gasteiger partial charge on any atom is -0.492 e. The molecule has 1 atom stereocenters. The number of fused-ring (bicyclic) bond motifs is 1. The molecule has 0 bridgehead atoms. The van der Waals surface area contributed by atoms with E-state index < -0.39 is 0 Å². The predicted octanol–water partition coefficient (Wildman–Crippen LogP) is 3.73. The number of hydrogen-bond donors (Lipinski definition) is 1. The summed E-state index contributed by atoms with van der Waals surface area (Å²) in [5.41, 5.74) is 3.36. The number of aromatic amines is 1. The first-order valence-corrected chi connectivity index (χ1v) is 12.0. The number of benzene rings is 1. The van der Waals surface area contributed by atoms with Crippen LogP contribution in [0.5, 0.6) is 5.75 Å². The van der Waals surface area contributed by atoms with Crippen molar-refractivity contribution in [2.24, 2.45) is 5.92 Å². The van der Waals surface area contributed by atoms with E-state index in [9.17, 15) is 0 Å². The molecule has 1 N–H and O–H groups in total. The van der Waals surface area contributed by atoms with Crippen molar-refractivity contribution in [2.75, 3.05) is 52.5 Å². The molecule has 6 nitrogen and oxygen atoms in total. The van der Waals surface area contributed by atoms with Crippen LogP contribution in [0.25, 0.3) is 11.0 Å². The maximum atomic E-state index is 6.21. The van der Waals surface area contributed by atoms with Crippen LogP contribution in [0.15, 0.2) is 48.7 Å². The number of H-pyrrole nitrogens is 1. The zero-order valence-electron chi connectivity index (χ0n) is 18.8. The maximum Gasteiger partial charge on any atom is 0.137 e. The molecule has 3 aromatic rings. The predicted molar refractivity (Wildman–Crippen MR) is 127 cm³/mol. The van der Waals surface area contributed by atoms with Gasteiger partial charge in [0.2, 0.25) is 0 Å². The van der Waals surface area contributed by atoms with Gasteiger partial charge in [-0.2, -0.15) is 0 Å². The van der Waals surface area contributed by atoms with Crippen molar-refractivity contribution in [1.29, 1.82) is 0 Å². The third-order valence-corrected chi connectivity index (χ3v) is 6.62. The van der Waals surface area contributed by atoms with E-state index >= 15 is 0 Å². The van der Waals surface area contributed by atoms with Crippen LogP contribution in [0, 0.1) is 5.92 Å². The van der Waals surface area contributed by atoms with Gasteiger partial charge >= 0.3 is 0 Å². The molecule has 170 valence electrons. The molecular formula is C26H34N4O2. The Hall–Kier alpha value is -2.41. The zero-order valence-corrected chi connectivity index (χ0v) is 18.8. The molecular weight excluding hydrogens is 400 g/mol. The van der Waals surface area contributed by atoms with Crippen molar-refractivity contribution >= 4 is 11.0 Å². The number of likely N-dealkylation sites (tertiary alicyclic amines) is 1. The number of hydrogen-bond acceptors (Lipinski definition) is 5. The lowest BCUT2D eigenvalue weighted by Crippen LogP contribution is -2.31. The molecule has 0 spiro atoms. The standard InChI is InChI=1S/C26H34N4O2/c1-2-6-25(32-16-14-29-11-3-4-12-29)23(5-1)19-30-13-15-31-20-21(18-30)17-24-8-7-22-9-10-27-26(22)28-24/h1-2,5-10,21H,3-4,11-20H2,(H,27,28). The summed E-state index contributed by atoms with van der Waals surface area (Å²) in [6, 6.07) is 14.9. The lowest BCUT2D eigenvalue weighted by molar-refractivity contribution is 0.121. The SMILES string of the molecule is c1ccc(OCCN2CCCC2)c(CN2CCOCC(Cc3ccc4cc[nH]c4n3)C2)c1. The largest absolute Gasteiger partial charge is 0.492 e. The Morgan fingerprint density at radius 2 is 1.94 bits per heavy atom. The van der Waals surface area contributed by atoms with Gasteiger partial charge in [-0.3, -0.25) is 9.80 Å². The molecule has 2 aliphatic rings. The van der Waals surface area contributed by atoms with Gasteiger partial charge in [-0.25, -0.2) is 4.98 Å². The van der Waals surface area contributed by atoms with Gasteiger partial charge in [0, 0.05) is 54.9 Å². The molecule has 1 aromatic carbocycles. The van der Waals surface area contributed by atoms with E-state index in [2.05, 4.69) is 57.2 Å². The summed E-state index contributed by atoms with van der Waals surface area (Å²) in [5, 5.41) is 1.16. The van der Waals surface area contributed by atoms with E-state index in [1.54, 1.807) is 0 Å². The lowest BCUT2D eigenvalue weighted by atomic mass is 10.0.